The van der Waals surface area contributed by atoms with E-state index in [-0.39, 0.29) is 30.6 Å². The Kier molecular flexibility index (Phi) is 5.23. The third-order valence-corrected chi connectivity index (χ3v) is 6.77. The fourth-order valence-corrected chi connectivity index (χ4v) is 4.44. The highest BCUT2D eigenvalue weighted by molar-refractivity contribution is 6.62. The number of hydrogen-bond acceptors (Lipinski definition) is 5. The molecule has 0 spiro atoms. The van der Waals surface area contributed by atoms with Gasteiger partial charge in [-0.1, -0.05) is 18.2 Å². The standard InChI is InChI=1S/C23H35BN2O4/c1-21(2,3)28-20(27)26-12-8-9-19(26)25-14-16-10-11-18(13-17(16)15-25)24-29-22(4,5)23(6,7)30-24/h10-11,13,19H,8-9,12,14-15H2,1-7H3. The van der Waals surface area contributed by atoms with Crippen molar-refractivity contribution in [3.8, 4) is 0 Å². The van der Waals surface area contributed by atoms with Gasteiger partial charge >= 0.3 is 13.2 Å². The molecule has 4 rings (SSSR count). The molecule has 0 N–H and O–H groups in total. The van der Waals surface area contributed by atoms with Gasteiger partial charge in [0, 0.05) is 19.6 Å². The number of carbonyl (C=O) groups is 1. The van der Waals surface area contributed by atoms with Gasteiger partial charge in [0.15, 0.2) is 0 Å². The SMILES string of the molecule is CC(C)(C)OC(=O)N1CCCC1N1Cc2ccc(B3OC(C)(C)C(C)(C)O3)cc2C1. The number of benzene rings is 1. The van der Waals surface area contributed by atoms with Crippen LogP contribution in [0.15, 0.2) is 18.2 Å². The predicted molar refractivity (Wildman–Crippen MR) is 117 cm³/mol. The molecule has 1 amide bonds. The monoisotopic (exact) mass is 414 g/mol. The summed E-state index contributed by atoms with van der Waals surface area (Å²) in [5.74, 6) is 0. The maximum absolute atomic E-state index is 12.7. The Bertz CT molecular complexity index is 817. The maximum Gasteiger partial charge on any atom is 0.494 e. The minimum Gasteiger partial charge on any atom is -0.444 e. The summed E-state index contributed by atoms with van der Waals surface area (Å²) >= 11 is 0. The average molecular weight is 414 g/mol. The Morgan fingerprint density at radius 1 is 1.10 bits per heavy atom. The smallest absolute Gasteiger partial charge is 0.444 e. The van der Waals surface area contributed by atoms with Gasteiger partial charge in [-0.3, -0.25) is 9.80 Å². The Morgan fingerprint density at radius 2 is 1.73 bits per heavy atom. The van der Waals surface area contributed by atoms with Crippen LogP contribution in [-0.2, 0) is 27.1 Å². The molecule has 30 heavy (non-hydrogen) atoms. The first-order valence-corrected chi connectivity index (χ1v) is 11.1. The molecule has 0 bridgehead atoms. The summed E-state index contributed by atoms with van der Waals surface area (Å²) in [6.45, 7) is 16.5. The number of likely N-dealkylation sites (tertiary alicyclic amines) is 1. The van der Waals surface area contributed by atoms with Gasteiger partial charge in [-0.05, 0) is 77.9 Å². The van der Waals surface area contributed by atoms with Crippen molar-refractivity contribution in [2.45, 2.75) is 97.4 Å². The highest BCUT2D eigenvalue weighted by Crippen LogP contribution is 2.37. The fourth-order valence-electron chi connectivity index (χ4n) is 4.44. The molecule has 164 valence electrons. The van der Waals surface area contributed by atoms with E-state index in [1.54, 1.807) is 0 Å². The summed E-state index contributed by atoms with van der Waals surface area (Å²) in [5, 5.41) is 0. The van der Waals surface area contributed by atoms with Gasteiger partial charge < -0.3 is 14.0 Å². The molecule has 3 aliphatic heterocycles. The zero-order chi connectivity index (χ0) is 21.9. The summed E-state index contributed by atoms with van der Waals surface area (Å²) < 4.78 is 18.1. The summed E-state index contributed by atoms with van der Waals surface area (Å²) in [4.78, 5) is 17.0. The van der Waals surface area contributed by atoms with Crippen molar-refractivity contribution in [3.63, 3.8) is 0 Å². The Hall–Kier alpha value is -1.57. The van der Waals surface area contributed by atoms with Crippen LogP contribution in [0.25, 0.3) is 0 Å². The van der Waals surface area contributed by atoms with Gasteiger partial charge in [-0.25, -0.2) is 4.79 Å². The van der Waals surface area contributed by atoms with Crippen LogP contribution in [0.4, 0.5) is 4.79 Å². The Morgan fingerprint density at radius 3 is 2.37 bits per heavy atom. The van der Waals surface area contributed by atoms with E-state index in [0.29, 0.717) is 0 Å². The van der Waals surface area contributed by atoms with Crippen molar-refractivity contribution in [2.75, 3.05) is 6.54 Å². The largest absolute Gasteiger partial charge is 0.494 e. The Balaban J connectivity index is 1.47. The topological polar surface area (TPSA) is 51.2 Å². The minimum absolute atomic E-state index is 0.0903. The van der Waals surface area contributed by atoms with Crippen molar-refractivity contribution in [1.29, 1.82) is 0 Å². The van der Waals surface area contributed by atoms with Crippen LogP contribution < -0.4 is 5.46 Å². The molecule has 3 aliphatic rings. The number of hydrogen-bond donors (Lipinski definition) is 0. The van der Waals surface area contributed by atoms with Gasteiger partial charge in [0.1, 0.15) is 5.60 Å². The van der Waals surface area contributed by atoms with Gasteiger partial charge in [0.2, 0.25) is 0 Å². The van der Waals surface area contributed by atoms with Gasteiger partial charge in [-0.2, -0.15) is 0 Å². The average Bonchev–Trinajstić information content (AvgIpc) is 3.28. The zero-order valence-corrected chi connectivity index (χ0v) is 19.4. The first kappa shape index (κ1) is 21.7. The van der Waals surface area contributed by atoms with Crippen LogP contribution in [0.5, 0.6) is 0 Å². The summed E-state index contributed by atoms with van der Waals surface area (Å²) in [6, 6.07) is 6.51. The maximum atomic E-state index is 12.7. The molecule has 2 saturated heterocycles. The number of rotatable bonds is 2. The van der Waals surface area contributed by atoms with E-state index >= 15 is 0 Å². The summed E-state index contributed by atoms with van der Waals surface area (Å²) in [7, 11) is -0.348. The van der Waals surface area contributed by atoms with E-state index in [2.05, 4.69) is 50.8 Å². The normalized spacial score (nSPS) is 25.6. The second-order valence-corrected chi connectivity index (χ2v) is 10.8. The van der Waals surface area contributed by atoms with Crippen molar-refractivity contribution in [2.24, 2.45) is 0 Å². The third-order valence-electron chi connectivity index (χ3n) is 6.77. The third kappa shape index (κ3) is 3.99. The number of amides is 1. The lowest BCUT2D eigenvalue weighted by Gasteiger charge is -2.33. The number of fused-ring (bicyclic) bond motifs is 1. The number of carbonyl (C=O) groups excluding carboxylic acids is 1. The van der Waals surface area contributed by atoms with Crippen molar-refractivity contribution >= 4 is 18.7 Å². The molecule has 0 aliphatic carbocycles. The molecule has 1 unspecified atom stereocenters. The highest BCUT2D eigenvalue weighted by atomic mass is 16.7. The number of nitrogens with zero attached hydrogens (tertiary/aromatic N) is 2. The predicted octanol–water partition coefficient (Wildman–Crippen LogP) is 3.66. The second kappa shape index (κ2) is 7.25. The molecule has 1 aromatic carbocycles. The van der Waals surface area contributed by atoms with Gasteiger partial charge in [-0.15, -0.1) is 0 Å². The molecule has 0 saturated carbocycles. The number of ether oxygens (including phenoxy) is 1. The van der Waals surface area contributed by atoms with E-state index in [1.807, 2.05) is 25.7 Å². The van der Waals surface area contributed by atoms with Gasteiger partial charge in [0.05, 0.1) is 17.4 Å². The van der Waals surface area contributed by atoms with E-state index in [9.17, 15) is 4.79 Å². The van der Waals surface area contributed by atoms with Crippen LogP contribution in [0.1, 0.15) is 72.4 Å². The minimum atomic E-state index is -0.476. The van der Waals surface area contributed by atoms with Crippen molar-refractivity contribution in [3.05, 3.63) is 29.3 Å². The molecule has 1 aromatic rings. The molecule has 3 heterocycles. The Labute approximate surface area is 181 Å². The fraction of sp³-hybridized carbons (Fsp3) is 0.696. The summed E-state index contributed by atoms with van der Waals surface area (Å²) in [6.07, 6.45) is 1.87. The van der Waals surface area contributed by atoms with E-state index in [4.69, 9.17) is 14.0 Å². The molecule has 0 radical (unpaired) electrons. The summed E-state index contributed by atoms with van der Waals surface area (Å²) in [5.41, 5.74) is 2.49. The lowest BCUT2D eigenvalue weighted by molar-refractivity contribution is -0.000336. The van der Waals surface area contributed by atoms with Crippen LogP contribution >= 0.6 is 0 Å². The van der Waals surface area contributed by atoms with E-state index < -0.39 is 5.60 Å². The van der Waals surface area contributed by atoms with Gasteiger partial charge in [0.25, 0.3) is 0 Å². The van der Waals surface area contributed by atoms with E-state index in [0.717, 1.165) is 37.9 Å². The molecule has 1 atom stereocenters. The first-order chi connectivity index (χ1) is 13.9. The first-order valence-electron chi connectivity index (χ1n) is 11.1. The van der Waals surface area contributed by atoms with E-state index in [1.165, 1.54) is 11.1 Å². The molecular weight excluding hydrogens is 379 g/mol. The molecule has 7 heteroatoms. The van der Waals surface area contributed by atoms with Crippen molar-refractivity contribution < 1.29 is 18.8 Å². The zero-order valence-electron chi connectivity index (χ0n) is 19.4. The van der Waals surface area contributed by atoms with Crippen molar-refractivity contribution in [1.82, 2.24) is 9.80 Å². The van der Waals surface area contributed by atoms with Crippen LogP contribution in [0.3, 0.4) is 0 Å². The molecular formula is C23H35BN2O4. The lowest BCUT2D eigenvalue weighted by atomic mass is 9.78. The second-order valence-electron chi connectivity index (χ2n) is 10.8. The quantitative estimate of drug-likeness (QED) is 0.692. The van der Waals surface area contributed by atoms with Crippen LogP contribution in [0, 0.1) is 0 Å². The lowest BCUT2D eigenvalue weighted by Crippen LogP contribution is -2.46. The molecule has 6 nitrogen and oxygen atoms in total. The molecule has 0 aromatic heterocycles. The molecule has 2 fully saturated rings. The highest BCUT2D eigenvalue weighted by Gasteiger charge is 2.52. The van der Waals surface area contributed by atoms with Crippen LogP contribution in [0.2, 0.25) is 0 Å². The van der Waals surface area contributed by atoms with Crippen LogP contribution in [-0.4, -0.2) is 52.5 Å².